The van der Waals surface area contributed by atoms with Crippen LogP contribution in [0.3, 0.4) is 0 Å². The smallest absolute Gasteiger partial charge is 0.325 e. The van der Waals surface area contributed by atoms with Crippen molar-refractivity contribution >= 4 is 22.5 Å². The van der Waals surface area contributed by atoms with Gasteiger partial charge >= 0.3 is 5.69 Å². The zero-order chi connectivity index (χ0) is 20.3. The van der Waals surface area contributed by atoms with Crippen molar-refractivity contribution in [1.29, 1.82) is 0 Å². The molecule has 0 saturated heterocycles. The van der Waals surface area contributed by atoms with Crippen molar-refractivity contribution in [2.75, 3.05) is 5.32 Å². The summed E-state index contributed by atoms with van der Waals surface area (Å²) in [6.45, 7) is 6.20. The highest BCUT2D eigenvalue weighted by Crippen LogP contribution is 2.11. The molecule has 0 fully saturated rings. The topological polar surface area (TPSA) is 73.1 Å². The van der Waals surface area contributed by atoms with E-state index in [1.807, 2.05) is 39.0 Å². The van der Waals surface area contributed by atoms with Crippen LogP contribution in [0.4, 0.5) is 5.69 Å². The highest BCUT2D eigenvalue weighted by Gasteiger charge is 2.15. The van der Waals surface area contributed by atoms with E-state index in [0.717, 1.165) is 5.56 Å². The van der Waals surface area contributed by atoms with Gasteiger partial charge in [0.05, 0.1) is 10.9 Å². The lowest BCUT2D eigenvalue weighted by Gasteiger charge is -2.15. The third-order valence-corrected chi connectivity index (χ3v) is 4.67. The van der Waals surface area contributed by atoms with E-state index < -0.39 is 5.69 Å². The maximum Gasteiger partial charge on any atom is 0.331 e. The molecule has 3 aromatic rings. The zero-order valence-corrected chi connectivity index (χ0v) is 16.4. The molecule has 0 radical (unpaired) electrons. The second-order valence-corrected chi connectivity index (χ2v) is 7.44. The number of amides is 1. The van der Waals surface area contributed by atoms with Crippen LogP contribution < -0.4 is 16.6 Å². The monoisotopic (exact) mass is 379 g/mol. The second kappa shape index (κ2) is 8.25. The van der Waals surface area contributed by atoms with E-state index in [2.05, 4.69) is 5.32 Å². The van der Waals surface area contributed by atoms with Crippen LogP contribution >= 0.6 is 0 Å². The Balaban J connectivity index is 2.00. The first-order valence-electron chi connectivity index (χ1n) is 9.45. The molecule has 28 heavy (non-hydrogen) atoms. The molecular formula is C22H25N3O3. The van der Waals surface area contributed by atoms with Crippen molar-refractivity contribution in [3.8, 4) is 0 Å². The molecule has 1 aromatic heterocycles. The van der Waals surface area contributed by atoms with E-state index in [0.29, 0.717) is 35.5 Å². The molecular weight excluding hydrogens is 354 g/mol. The maximum atomic E-state index is 13.0. The molecule has 2 aromatic carbocycles. The number of benzene rings is 2. The largest absolute Gasteiger partial charge is 0.331 e. The van der Waals surface area contributed by atoms with Gasteiger partial charge in [0.25, 0.3) is 5.56 Å². The van der Waals surface area contributed by atoms with E-state index in [-0.39, 0.29) is 18.0 Å². The fraction of sp³-hybridized carbons (Fsp3) is 0.318. The average molecular weight is 379 g/mol. The van der Waals surface area contributed by atoms with Gasteiger partial charge in [-0.3, -0.25) is 18.7 Å². The SMILES string of the molecule is Cc1cccc(NC(=O)Cn2c(=O)n(CCC(C)C)c(=O)c3ccccc32)c1. The second-order valence-electron chi connectivity index (χ2n) is 7.44. The molecule has 0 saturated carbocycles. The molecule has 1 N–H and O–H groups in total. The van der Waals surface area contributed by atoms with Crippen LogP contribution in [-0.4, -0.2) is 15.0 Å². The summed E-state index contributed by atoms with van der Waals surface area (Å²) in [6.07, 6.45) is 0.711. The molecule has 0 aliphatic carbocycles. The fourth-order valence-corrected chi connectivity index (χ4v) is 3.18. The minimum Gasteiger partial charge on any atom is -0.325 e. The molecule has 6 nitrogen and oxygen atoms in total. The average Bonchev–Trinajstić information content (AvgIpc) is 2.65. The Morgan fingerprint density at radius 2 is 1.79 bits per heavy atom. The van der Waals surface area contributed by atoms with Crippen LogP contribution in [0.25, 0.3) is 10.9 Å². The summed E-state index contributed by atoms with van der Waals surface area (Å²) in [5.74, 6) is 0.0442. The highest BCUT2D eigenvalue weighted by atomic mass is 16.2. The number of hydrogen-bond acceptors (Lipinski definition) is 3. The Kier molecular flexibility index (Phi) is 5.78. The number of nitrogens with zero attached hydrogens (tertiary/aromatic N) is 2. The summed E-state index contributed by atoms with van der Waals surface area (Å²) in [5, 5.41) is 3.26. The number of aromatic nitrogens is 2. The number of hydrogen-bond donors (Lipinski definition) is 1. The summed E-state index contributed by atoms with van der Waals surface area (Å²) in [7, 11) is 0. The predicted octanol–water partition coefficient (Wildman–Crippen LogP) is 3.16. The first kappa shape index (κ1) is 19.6. The van der Waals surface area contributed by atoms with E-state index in [4.69, 9.17) is 0 Å². The quantitative estimate of drug-likeness (QED) is 0.715. The summed E-state index contributed by atoms with van der Waals surface area (Å²) >= 11 is 0. The van der Waals surface area contributed by atoms with Gasteiger partial charge in [-0.15, -0.1) is 0 Å². The lowest BCUT2D eigenvalue weighted by atomic mass is 10.1. The fourth-order valence-electron chi connectivity index (χ4n) is 3.18. The number of nitrogens with one attached hydrogen (secondary N) is 1. The number of fused-ring (bicyclic) bond motifs is 1. The Morgan fingerprint density at radius 3 is 2.50 bits per heavy atom. The van der Waals surface area contributed by atoms with Gasteiger partial charge in [0.1, 0.15) is 6.54 Å². The van der Waals surface area contributed by atoms with Crippen molar-refractivity contribution in [2.45, 2.75) is 40.3 Å². The molecule has 0 spiro atoms. The zero-order valence-electron chi connectivity index (χ0n) is 16.4. The van der Waals surface area contributed by atoms with Gasteiger partial charge in [0.2, 0.25) is 5.91 Å². The van der Waals surface area contributed by atoms with Crippen LogP contribution in [0.15, 0.2) is 58.1 Å². The van der Waals surface area contributed by atoms with Crippen molar-refractivity contribution in [2.24, 2.45) is 5.92 Å². The summed E-state index contributed by atoms with van der Waals surface area (Å²) < 4.78 is 2.62. The number of anilines is 1. The van der Waals surface area contributed by atoms with Gasteiger partial charge in [0.15, 0.2) is 0 Å². The van der Waals surface area contributed by atoms with Crippen molar-refractivity contribution < 1.29 is 4.79 Å². The Hall–Kier alpha value is -3.15. The molecule has 3 rings (SSSR count). The third kappa shape index (κ3) is 4.22. The Labute approximate surface area is 163 Å². The number of aryl methyl sites for hydroxylation is 1. The molecule has 0 atom stereocenters. The maximum absolute atomic E-state index is 13.0. The third-order valence-electron chi connectivity index (χ3n) is 4.67. The highest BCUT2D eigenvalue weighted by molar-refractivity contribution is 5.91. The van der Waals surface area contributed by atoms with Gasteiger partial charge in [-0.1, -0.05) is 38.1 Å². The van der Waals surface area contributed by atoms with E-state index >= 15 is 0 Å². The van der Waals surface area contributed by atoms with Crippen LogP contribution in [0, 0.1) is 12.8 Å². The molecule has 0 unspecified atom stereocenters. The van der Waals surface area contributed by atoms with Crippen LogP contribution in [0.1, 0.15) is 25.8 Å². The molecule has 146 valence electrons. The van der Waals surface area contributed by atoms with Crippen LogP contribution in [0.2, 0.25) is 0 Å². The Morgan fingerprint density at radius 1 is 1.04 bits per heavy atom. The van der Waals surface area contributed by atoms with E-state index in [1.165, 1.54) is 9.13 Å². The van der Waals surface area contributed by atoms with Gasteiger partial charge in [-0.25, -0.2) is 4.79 Å². The van der Waals surface area contributed by atoms with Gasteiger partial charge in [0, 0.05) is 12.2 Å². The lowest BCUT2D eigenvalue weighted by molar-refractivity contribution is -0.116. The summed E-state index contributed by atoms with van der Waals surface area (Å²) in [5.41, 5.74) is 1.41. The first-order valence-corrected chi connectivity index (χ1v) is 9.45. The minimum absolute atomic E-state index is 0.157. The standard InChI is InChI=1S/C22H25N3O3/c1-15(2)11-12-24-21(27)18-9-4-5-10-19(18)25(22(24)28)14-20(26)23-17-8-6-7-16(3)13-17/h4-10,13,15H,11-12,14H2,1-3H3,(H,23,26). The number of carbonyl (C=O) groups excluding carboxylic acids is 1. The summed E-state index contributed by atoms with van der Waals surface area (Å²) in [4.78, 5) is 38.4. The van der Waals surface area contributed by atoms with Crippen molar-refractivity contribution in [3.63, 3.8) is 0 Å². The molecule has 1 heterocycles. The van der Waals surface area contributed by atoms with Crippen molar-refractivity contribution in [3.05, 3.63) is 74.9 Å². The van der Waals surface area contributed by atoms with Gasteiger partial charge in [-0.2, -0.15) is 0 Å². The van der Waals surface area contributed by atoms with Crippen LogP contribution in [-0.2, 0) is 17.9 Å². The van der Waals surface area contributed by atoms with Crippen LogP contribution in [0.5, 0.6) is 0 Å². The first-order chi connectivity index (χ1) is 13.4. The van der Waals surface area contributed by atoms with E-state index in [9.17, 15) is 14.4 Å². The molecule has 0 aliphatic heterocycles. The van der Waals surface area contributed by atoms with Gasteiger partial charge < -0.3 is 5.32 Å². The molecule has 1 amide bonds. The normalized spacial score (nSPS) is 11.1. The summed E-state index contributed by atoms with van der Waals surface area (Å²) in [6, 6.07) is 14.4. The molecule has 0 aliphatic rings. The number of carbonyl (C=O) groups is 1. The lowest BCUT2D eigenvalue weighted by Crippen LogP contribution is -2.42. The minimum atomic E-state index is -0.455. The molecule has 6 heteroatoms. The van der Waals surface area contributed by atoms with E-state index in [1.54, 1.807) is 30.3 Å². The molecule has 0 bridgehead atoms. The van der Waals surface area contributed by atoms with Gasteiger partial charge in [-0.05, 0) is 49.1 Å². The Bertz CT molecular complexity index is 1130. The predicted molar refractivity (Wildman–Crippen MR) is 112 cm³/mol. The number of rotatable bonds is 6. The van der Waals surface area contributed by atoms with Crippen molar-refractivity contribution in [1.82, 2.24) is 9.13 Å². The number of para-hydroxylation sites is 1.